The van der Waals surface area contributed by atoms with Crippen molar-refractivity contribution >= 4 is 5.69 Å². The zero-order valence-electron chi connectivity index (χ0n) is 9.26. The summed E-state index contributed by atoms with van der Waals surface area (Å²) in [7, 11) is 0. The zero-order chi connectivity index (χ0) is 12.0. The SMILES string of the molecule is CCCNc1cnn(CC(O)CO)c(=O)c1. The van der Waals surface area contributed by atoms with Crippen molar-refractivity contribution in [2.45, 2.75) is 26.0 Å². The highest BCUT2D eigenvalue weighted by Crippen LogP contribution is 1.99. The molecule has 0 aliphatic carbocycles. The molecular weight excluding hydrogens is 210 g/mol. The van der Waals surface area contributed by atoms with Gasteiger partial charge in [-0.25, -0.2) is 4.68 Å². The van der Waals surface area contributed by atoms with Crippen LogP contribution >= 0.6 is 0 Å². The van der Waals surface area contributed by atoms with Crippen LogP contribution in [0.5, 0.6) is 0 Å². The Balaban J connectivity index is 2.71. The Morgan fingerprint density at radius 2 is 2.38 bits per heavy atom. The molecule has 0 saturated carbocycles. The monoisotopic (exact) mass is 227 g/mol. The molecule has 1 heterocycles. The molecule has 3 N–H and O–H groups in total. The van der Waals surface area contributed by atoms with Crippen LogP contribution < -0.4 is 10.9 Å². The van der Waals surface area contributed by atoms with Gasteiger partial charge < -0.3 is 15.5 Å². The van der Waals surface area contributed by atoms with E-state index >= 15 is 0 Å². The third kappa shape index (κ3) is 3.63. The Morgan fingerprint density at radius 1 is 1.62 bits per heavy atom. The Morgan fingerprint density at radius 3 is 2.94 bits per heavy atom. The van der Waals surface area contributed by atoms with Gasteiger partial charge in [-0.2, -0.15) is 5.10 Å². The number of hydrogen-bond acceptors (Lipinski definition) is 5. The second-order valence-corrected chi connectivity index (χ2v) is 3.53. The van der Waals surface area contributed by atoms with Crippen molar-refractivity contribution in [3.8, 4) is 0 Å². The Labute approximate surface area is 93.5 Å². The lowest BCUT2D eigenvalue weighted by molar-refractivity contribution is 0.0770. The third-order valence-electron chi connectivity index (χ3n) is 2.04. The maximum Gasteiger partial charge on any atom is 0.268 e. The molecule has 0 radical (unpaired) electrons. The largest absolute Gasteiger partial charge is 0.394 e. The third-order valence-corrected chi connectivity index (χ3v) is 2.04. The van der Waals surface area contributed by atoms with Crippen LogP contribution in [0.25, 0.3) is 0 Å². The second kappa shape index (κ2) is 6.24. The number of aliphatic hydroxyl groups excluding tert-OH is 2. The van der Waals surface area contributed by atoms with Gasteiger partial charge in [0.25, 0.3) is 5.56 Å². The molecule has 1 atom stereocenters. The van der Waals surface area contributed by atoms with Crippen LogP contribution in [0.15, 0.2) is 17.1 Å². The number of hydrogen-bond donors (Lipinski definition) is 3. The number of aromatic nitrogens is 2. The highest BCUT2D eigenvalue weighted by Gasteiger charge is 2.06. The van der Waals surface area contributed by atoms with E-state index in [1.807, 2.05) is 6.92 Å². The van der Waals surface area contributed by atoms with Crippen molar-refractivity contribution in [3.05, 3.63) is 22.6 Å². The van der Waals surface area contributed by atoms with Crippen LogP contribution in [-0.4, -0.2) is 39.2 Å². The number of aliphatic hydroxyl groups is 2. The van der Waals surface area contributed by atoms with E-state index in [4.69, 9.17) is 5.11 Å². The first-order valence-electron chi connectivity index (χ1n) is 5.27. The van der Waals surface area contributed by atoms with E-state index < -0.39 is 6.10 Å². The lowest BCUT2D eigenvalue weighted by atomic mass is 10.3. The summed E-state index contributed by atoms with van der Waals surface area (Å²) in [6.45, 7) is 2.43. The van der Waals surface area contributed by atoms with E-state index in [9.17, 15) is 9.90 Å². The van der Waals surface area contributed by atoms with Gasteiger partial charge in [0.05, 0.1) is 31.1 Å². The summed E-state index contributed by atoms with van der Waals surface area (Å²) in [4.78, 5) is 11.5. The van der Waals surface area contributed by atoms with Gasteiger partial charge in [-0.05, 0) is 6.42 Å². The average Bonchev–Trinajstić information content (AvgIpc) is 2.29. The molecule has 0 amide bonds. The van der Waals surface area contributed by atoms with E-state index in [1.165, 1.54) is 12.3 Å². The second-order valence-electron chi connectivity index (χ2n) is 3.53. The lowest BCUT2D eigenvalue weighted by Crippen LogP contribution is -2.30. The van der Waals surface area contributed by atoms with E-state index in [-0.39, 0.29) is 18.7 Å². The normalized spacial score (nSPS) is 12.4. The predicted octanol–water partition coefficient (Wildman–Crippen LogP) is -0.582. The molecule has 0 saturated heterocycles. The van der Waals surface area contributed by atoms with Crippen LogP contribution in [0.1, 0.15) is 13.3 Å². The molecule has 1 rings (SSSR count). The topological polar surface area (TPSA) is 87.4 Å². The first kappa shape index (κ1) is 12.7. The van der Waals surface area contributed by atoms with Gasteiger partial charge >= 0.3 is 0 Å². The number of nitrogens with one attached hydrogen (secondary N) is 1. The zero-order valence-corrected chi connectivity index (χ0v) is 9.26. The van der Waals surface area contributed by atoms with Gasteiger partial charge in [0.2, 0.25) is 0 Å². The van der Waals surface area contributed by atoms with Gasteiger partial charge in [0.15, 0.2) is 0 Å². The Bertz CT molecular complexity index is 378. The lowest BCUT2D eigenvalue weighted by Gasteiger charge is -2.09. The summed E-state index contributed by atoms with van der Waals surface area (Å²) in [5.74, 6) is 0. The minimum absolute atomic E-state index is 0.00336. The molecule has 6 nitrogen and oxygen atoms in total. The standard InChI is InChI=1S/C10H17N3O3/c1-2-3-11-8-4-10(16)13(12-5-8)6-9(15)7-14/h4-5,9,11,14-15H,2-3,6-7H2,1H3. The fourth-order valence-corrected chi connectivity index (χ4v) is 1.19. The molecule has 1 unspecified atom stereocenters. The molecule has 0 fully saturated rings. The van der Waals surface area contributed by atoms with Crippen molar-refractivity contribution < 1.29 is 10.2 Å². The molecule has 0 aliphatic heterocycles. The van der Waals surface area contributed by atoms with Crippen LogP contribution in [-0.2, 0) is 6.54 Å². The van der Waals surface area contributed by atoms with Crippen LogP contribution in [0.4, 0.5) is 5.69 Å². The molecule has 90 valence electrons. The van der Waals surface area contributed by atoms with Gasteiger partial charge in [-0.15, -0.1) is 0 Å². The number of nitrogens with zero attached hydrogens (tertiary/aromatic N) is 2. The number of rotatable bonds is 6. The molecule has 0 aromatic carbocycles. The number of anilines is 1. The van der Waals surface area contributed by atoms with Gasteiger partial charge in [0, 0.05) is 12.6 Å². The maximum atomic E-state index is 11.5. The van der Waals surface area contributed by atoms with E-state index in [0.29, 0.717) is 5.69 Å². The first-order valence-corrected chi connectivity index (χ1v) is 5.27. The van der Waals surface area contributed by atoms with Crippen LogP contribution in [0.3, 0.4) is 0 Å². The first-order chi connectivity index (χ1) is 7.67. The molecule has 6 heteroatoms. The van der Waals surface area contributed by atoms with Crippen molar-refractivity contribution in [2.24, 2.45) is 0 Å². The fourth-order valence-electron chi connectivity index (χ4n) is 1.19. The summed E-state index contributed by atoms with van der Waals surface area (Å²) in [6.07, 6.45) is 1.53. The smallest absolute Gasteiger partial charge is 0.268 e. The van der Waals surface area contributed by atoms with Crippen molar-refractivity contribution in [3.63, 3.8) is 0 Å². The van der Waals surface area contributed by atoms with Crippen molar-refractivity contribution in [1.29, 1.82) is 0 Å². The molecule has 16 heavy (non-hydrogen) atoms. The minimum atomic E-state index is -0.959. The van der Waals surface area contributed by atoms with E-state index in [0.717, 1.165) is 17.6 Å². The summed E-state index contributed by atoms with van der Waals surface area (Å²) in [5, 5.41) is 24.8. The van der Waals surface area contributed by atoms with Crippen molar-refractivity contribution in [1.82, 2.24) is 9.78 Å². The van der Waals surface area contributed by atoms with Gasteiger partial charge in [-0.1, -0.05) is 6.92 Å². The Hall–Kier alpha value is -1.40. The van der Waals surface area contributed by atoms with Gasteiger partial charge in [0.1, 0.15) is 0 Å². The maximum absolute atomic E-state index is 11.5. The fraction of sp³-hybridized carbons (Fsp3) is 0.600. The van der Waals surface area contributed by atoms with Crippen LogP contribution in [0, 0.1) is 0 Å². The average molecular weight is 227 g/mol. The molecule has 0 bridgehead atoms. The van der Waals surface area contributed by atoms with E-state index in [1.54, 1.807) is 0 Å². The molecule has 1 aromatic heterocycles. The Kier molecular flexibility index (Phi) is 4.94. The molecule has 0 aliphatic rings. The predicted molar refractivity (Wildman–Crippen MR) is 60.4 cm³/mol. The van der Waals surface area contributed by atoms with Crippen LogP contribution in [0.2, 0.25) is 0 Å². The van der Waals surface area contributed by atoms with E-state index in [2.05, 4.69) is 10.4 Å². The highest BCUT2D eigenvalue weighted by atomic mass is 16.3. The summed E-state index contributed by atoms with van der Waals surface area (Å²) in [5.41, 5.74) is 0.371. The van der Waals surface area contributed by atoms with Gasteiger partial charge in [-0.3, -0.25) is 4.79 Å². The summed E-state index contributed by atoms with van der Waals surface area (Å²) < 4.78 is 1.12. The minimum Gasteiger partial charge on any atom is -0.394 e. The highest BCUT2D eigenvalue weighted by molar-refractivity contribution is 5.38. The van der Waals surface area contributed by atoms with Crippen molar-refractivity contribution in [2.75, 3.05) is 18.5 Å². The summed E-state index contributed by atoms with van der Waals surface area (Å²) in [6, 6.07) is 1.42. The summed E-state index contributed by atoms with van der Waals surface area (Å²) >= 11 is 0. The molecule has 1 aromatic rings. The molecule has 0 spiro atoms. The molecular formula is C10H17N3O3. The quantitative estimate of drug-likeness (QED) is 0.605.